The summed E-state index contributed by atoms with van der Waals surface area (Å²) in [5.74, 6) is 0.0489. The molecule has 1 heterocycles. The number of hydrogen-bond acceptors (Lipinski definition) is 3. The van der Waals surface area contributed by atoms with E-state index in [9.17, 15) is 13.2 Å². The van der Waals surface area contributed by atoms with Gasteiger partial charge >= 0.3 is 0 Å². The molecule has 0 bridgehead atoms. The number of carbonyl (C=O) groups is 1. The number of sulfonamides is 1. The summed E-state index contributed by atoms with van der Waals surface area (Å²) in [5.41, 5.74) is 0.334. The van der Waals surface area contributed by atoms with E-state index in [1.54, 1.807) is 38.1 Å². The van der Waals surface area contributed by atoms with Crippen molar-refractivity contribution in [1.29, 1.82) is 0 Å². The lowest BCUT2D eigenvalue weighted by Crippen LogP contribution is -2.53. The van der Waals surface area contributed by atoms with Gasteiger partial charge in [-0.25, -0.2) is 8.42 Å². The van der Waals surface area contributed by atoms with Crippen LogP contribution in [0.3, 0.4) is 0 Å². The molecule has 0 radical (unpaired) electrons. The van der Waals surface area contributed by atoms with Crippen molar-refractivity contribution in [2.75, 3.05) is 13.1 Å². The maximum Gasteiger partial charge on any atom is 0.243 e. The lowest BCUT2D eigenvalue weighted by Gasteiger charge is -2.38. The van der Waals surface area contributed by atoms with Gasteiger partial charge in [-0.3, -0.25) is 4.79 Å². The lowest BCUT2D eigenvalue weighted by atomic mass is 9.84. The maximum atomic E-state index is 12.6. The molecule has 110 valence electrons. The Balaban J connectivity index is 2.35. The van der Waals surface area contributed by atoms with Crippen LogP contribution in [0.5, 0.6) is 0 Å². The first-order chi connectivity index (χ1) is 9.14. The summed E-state index contributed by atoms with van der Waals surface area (Å²) < 4.78 is 26.7. The zero-order valence-corrected chi connectivity index (χ0v) is 14.2. The summed E-state index contributed by atoms with van der Waals surface area (Å²) in [4.78, 5) is 11.9. The van der Waals surface area contributed by atoms with E-state index < -0.39 is 20.3 Å². The lowest BCUT2D eigenvalue weighted by molar-refractivity contribution is -0.129. The van der Waals surface area contributed by atoms with E-state index in [2.05, 4.69) is 15.9 Å². The summed E-state index contributed by atoms with van der Waals surface area (Å²) in [5, 5.41) is 0. The first kappa shape index (κ1) is 15.7. The highest BCUT2D eigenvalue weighted by Gasteiger charge is 2.44. The molecule has 1 fully saturated rings. The Kier molecular flexibility index (Phi) is 4.10. The Bertz CT molecular complexity index is 622. The van der Waals surface area contributed by atoms with Gasteiger partial charge in [0.1, 0.15) is 0 Å². The van der Waals surface area contributed by atoms with E-state index in [1.807, 2.05) is 6.92 Å². The van der Waals surface area contributed by atoms with Crippen LogP contribution in [0, 0.1) is 12.3 Å². The van der Waals surface area contributed by atoms with Gasteiger partial charge < -0.3 is 0 Å². The average molecular weight is 360 g/mol. The van der Waals surface area contributed by atoms with Crippen molar-refractivity contribution >= 4 is 31.7 Å². The summed E-state index contributed by atoms with van der Waals surface area (Å²) >= 11 is 3.29. The van der Waals surface area contributed by atoms with E-state index in [1.165, 1.54) is 4.31 Å². The van der Waals surface area contributed by atoms with E-state index in [0.717, 1.165) is 5.56 Å². The fraction of sp³-hybridized carbons (Fsp3) is 0.500. The predicted molar refractivity (Wildman–Crippen MR) is 81.4 cm³/mol. The third-order valence-electron chi connectivity index (χ3n) is 3.55. The molecule has 1 atom stereocenters. The van der Waals surface area contributed by atoms with E-state index in [0.29, 0.717) is 0 Å². The molecule has 1 aliphatic heterocycles. The summed E-state index contributed by atoms with van der Waals surface area (Å²) in [6.07, 6.45) is 0. The van der Waals surface area contributed by atoms with E-state index >= 15 is 0 Å². The van der Waals surface area contributed by atoms with Gasteiger partial charge in [0.2, 0.25) is 10.0 Å². The zero-order chi connectivity index (χ0) is 15.1. The van der Waals surface area contributed by atoms with Crippen molar-refractivity contribution in [3.05, 3.63) is 29.8 Å². The van der Waals surface area contributed by atoms with Gasteiger partial charge in [-0.05, 0) is 19.1 Å². The summed E-state index contributed by atoms with van der Waals surface area (Å²) in [6.45, 7) is 5.86. The first-order valence-electron chi connectivity index (χ1n) is 6.40. The number of benzene rings is 1. The number of piperidine rings is 1. The third-order valence-corrected chi connectivity index (χ3v) is 6.08. The molecule has 0 unspecified atom stereocenters. The first-order valence-corrected chi connectivity index (χ1v) is 8.75. The molecule has 1 aromatic carbocycles. The number of hydrogen-bond donors (Lipinski definition) is 0. The normalized spacial score (nSPS) is 23.8. The summed E-state index contributed by atoms with van der Waals surface area (Å²) in [6, 6.07) is 6.77. The van der Waals surface area contributed by atoms with Crippen LogP contribution in [0.2, 0.25) is 0 Å². The van der Waals surface area contributed by atoms with Crippen LogP contribution in [0.15, 0.2) is 29.2 Å². The van der Waals surface area contributed by atoms with Gasteiger partial charge in [-0.15, -0.1) is 0 Å². The maximum absolute atomic E-state index is 12.6. The largest absolute Gasteiger partial charge is 0.298 e. The molecule has 0 amide bonds. The van der Waals surface area contributed by atoms with Crippen molar-refractivity contribution in [2.45, 2.75) is 30.5 Å². The number of carbonyl (C=O) groups excluding carboxylic acids is 1. The van der Waals surface area contributed by atoms with E-state index in [-0.39, 0.29) is 23.8 Å². The average Bonchev–Trinajstić information content (AvgIpc) is 2.35. The van der Waals surface area contributed by atoms with Gasteiger partial charge in [-0.1, -0.05) is 47.5 Å². The predicted octanol–water partition coefficient (Wildman–Crippen LogP) is 2.36. The van der Waals surface area contributed by atoms with Crippen LogP contribution in [-0.4, -0.2) is 36.4 Å². The quantitative estimate of drug-likeness (QED) is 0.761. The second-order valence-electron chi connectivity index (χ2n) is 5.83. The molecule has 0 aliphatic carbocycles. The van der Waals surface area contributed by atoms with Crippen molar-refractivity contribution in [3.8, 4) is 0 Å². The number of ketones is 1. The molecule has 2 rings (SSSR count). The van der Waals surface area contributed by atoms with Crippen LogP contribution in [0.1, 0.15) is 19.4 Å². The van der Waals surface area contributed by atoms with Crippen molar-refractivity contribution in [3.63, 3.8) is 0 Å². The van der Waals surface area contributed by atoms with E-state index in [4.69, 9.17) is 0 Å². The fourth-order valence-electron chi connectivity index (χ4n) is 2.31. The highest BCUT2D eigenvalue weighted by Crippen LogP contribution is 2.32. The molecule has 0 N–H and O–H groups in total. The van der Waals surface area contributed by atoms with Crippen LogP contribution < -0.4 is 0 Å². The minimum atomic E-state index is -3.56. The topological polar surface area (TPSA) is 54.5 Å². The second-order valence-corrected chi connectivity index (χ2v) is 8.87. The second kappa shape index (κ2) is 5.24. The molecule has 6 heteroatoms. The molecule has 4 nitrogen and oxygen atoms in total. The molecular weight excluding hydrogens is 342 g/mol. The van der Waals surface area contributed by atoms with Gasteiger partial charge in [0, 0.05) is 18.5 Å². The molecular formula is C14H18BrNO3S. The Morgan fingerprint density at radius 2 is 1.80 bits per heavy atom. The van der Waals surface area contributed by atoms with Gasteiger partial charge in [0.25, 0.3) is 0 Å². The van der Waals surface area contributed by atoms with Crippen LogP contribution in [0.25, 0.3) is 0 Å². The third kappa shape index (κ3) is 2.82. The molecule has 20 heavy (non-hydrogen) atoms. The SMILES string of the molecule is Cc1ccc(S(=O)(=O)N2C[C@@H](Br)C(=O)C(C)(C)C2)cc1. The van der Waals surface area contributed by atoms with Gasteiger partial charge in [0.15, 0.2) is 5.78 Å². The standard InChI is InChI=1S/C14H18BrNO3S/c1-10-4-6-11(7-5-10)20(18,19)16-8-12(15)13(17)14(2,3)9-16/h4-7,12H,8-9H2,1-3H3/t12-/m1/s1. The van der Waals surface area contributed by atoms with Gasteiger partial charge in [-0.2, -0.15) is 4.31 Å². The van der Waals surface area contributed by atoms with Crippen molar-refractivity contribution < 1.29 is 13.2 Å². The molecule has 0 saturated carbocycles. The smallest absolute Gasteiger partial charge is 0.243 e. The highest BCUT2D eigenvalue weighted by atomic mass is 79.9. The number of rotatable bonds is 2. The number of aryl methyl sites for hydroxylation is 1. The Morgan fingerprint density at radius 1 is 1.25 bits per heavy atom. The highest BCUT2D eigenvalue weighted by molar-refractivity contribution is 9.10. The molecule has 1 aromatic rings. The molecule has 1 saturated heterocycles. The number of halogens is 1. The summed E-state index contributed by atoms with van der Waals surface area (Å²) in [7, 11) is -3.56. The van der Waals surface area contributed by atoms with Crippen molar-refractivity contribution in [1.82, 2.24) is 4.31 Å². The Labute approximate surface area is 128 Å². The monoisotopic (exact) mass is 359 g/mol. The van der Waals surface area contributed by atoms with Gasteiger partial charge in [0.05, 0.1) is 9.72 Å². The van der Waals surface area contributed by atoms with Crippen LogP contribution >= 0.6 is 15.9 Å². The molecule has 0 aromatic heterocycles. The molecule has 1 aliphatic rings. The Hall–Kier alpha value is -0.720. The minimum Gasteiger partial charge on any atom is -0.298 e. The number of Topliss-reactive ketones (excluding diaryl/α,β-unsaturated/α-hetero) is 1. The number of alkyl halides is 1. The molecule has 0 spiro atoms. The van der Waals surface area contributed by atoms with Crippen LogP contribution in [0.4, 0.5) is 0 Å². The number of nitrogens with zero attached hydrogens (tertiary/aromatic N) is 1. The van der Waals surface area contributed by atoms with Crippen LogP contribution in [-0.2, 0) is 14.8 Å². The minimum absolute atomic E-state index is 0.0489. The fourth-order valence-corrected chi connectivity index (χ4v) is 5.09. The zero-order valence-electron chi connectivity index (χ0n) is 11.8. The van der Waals surface area contributed by atoms with Crippen molar-refractivity contribution in [2.24, 2.45) is 5.41 Å². The Morgan fingerprint density at radius 3 is 2.30 bits per heavy atom.